The van der Waals surface area contributed by atoms with Crippen LogP contribution in [-0.4, -0.2) is 25.2 Å². The molecule has 4 nitrogen and oxygen atoms in total. The molecule has 0 aliphatic heterocycles. The minimum Gasteiger partial charge on any atom is -0.465 e. The van der Waals surface area contributed by atoms with Crippen molar-refractivity contribution < 1.29 is 19.1 Å². The minimum absolute atomic E-state index is 0.0193. The third-order valence-corrected chi connectivity index (χ3v) is 15.0. The number of unbranched alkanes of at least 4 members (excludes halogenated alkanes) is 37. The Hall–Kier alpha value is -1.06. The van der Waals surface area contributed by atoms with E-state index >= 15 is 0 Å². The van der Waals surface area contributed by atoms with E-state index in [2.05, 4.69) is 48.5 Å². The van der Waals surface area contributed by atoms with Crippen molar-refractivity contribution >= 4 is 11.9 Å². The van der Waals surface area contributed by atoms with Gasteiger partial charge in [-0.1, -0.05) is 305 Å². The Balaban J connectivity index is 0. The number of esters is 2. The van der Waals surface area contributed by atoms with Gasteiger partial charge in [0, 0.05) is 18.3 Å². The van der Waals surface area contributed by atoms with Gasteiger partial charge in [0.2, 0.25) is 0 Å². The van der Waals surface area contributed by atoms with E-state index in [4.69, 9.17) is 9.47 Å². The van der Waals surface area contributed by atoms with Crippen LogP contribution in [0, 0.1) is 11.3 Å². The fraction of sp³-hybridized carbons (Fsp3) is 0.968. The first-order chi connectivity index (χ1) is 32.4. The van der Waals surface area contributed by atoms with Crippen molar-refractivity contribution in [3.05, 3.63) is 0 Å². The summed E-state index contributed by atoms with van der Waals surface area (Å²) in [6, 6.07) is 0. The summed E-state index contributed by atoms with van der Waals surface area (Å²) in [5.74, 6) is 0.652. The first-order valence-electron chi connectivity index (χ1n) is 30.7. The number of carbonyl (C=O) groups is 2. The van der Waals surface area contributed by atoms with E-state index in [1.165, 1.54) is 276 Å². The van der Waals surface area contributed by atoms with Crippen molar-refractivity contribution in [2.45, 2.75) is 363 Å². The van der Waals surface area contributed by atoms with Gasteiger partial charge >= 0.3 is 11.9 Å². The summed E-state index contributed by atoms with van der Waals surface area (Å²) < 4.78 is 11.4. The summed E-state index contributed by atoms with van der Waals surface area (Å²) in [6.45, 7) is 17.1. The lowest BCUT2D eigenvalue weighted by atomic mass is 9.78. The fourth-order valence-electron chi connectivity index (χ4n) is 9.69. The van der Waals surface area contributed by atoms with E-state index < -0.39 is 0 Å². The summed E-state index contributed by atoms with van der Waals surface area (Å²) in [5, 5.41) is 0. The minimum atomic E-state index is 0.0193. The third kappa shape index (κ3) is 50.8. The van der Waals surface area contributed by atoms with Gasteiger partial charge in [-0.15, -0.1) is 0 Å². The summed E-state index contributed by atoms with van der Waals surface area (Å²) in [5.41, 5.74) is 0.210. The molecular formula is C62H124O4. The lowest BCUT2D eigenvalue weighted by molar-refractivity contribution is -0.148. The lowest BCUT2D eigenvalue weighted by Gasteiger charge is -2.31. The molecule has 66 heavy (non-hydrogen) atoms. The second-order valence-electron chi connectivity index (χ2n) is 21.3. The third-order valence-electron chi connectivity index (χ3n) is 15.0. The first-order valence-corrected chi connectivity index (χ1v) is 30.7. The molecule has 396 valence electrons. The molecule has 0 heterocycles. The smallest absolute Gasteiger partial charge is 0.305 e. The maximum Gasteiger partial charge on any atom is 0.305 e. The number of hydrogen-bond donors (Lipinski definition) is 0. The summed E-state index contributed by atoms with van der Waals surface area (Å²) in [4.78, 5) is 24.5. The van der Waals surface area contributed by atoms with E-state index in [0.29, 0.717) is 32.0 Å². The Kier molecular flexibility index (Phi) is 57.4. The molecule has 0 saturated carbocycles. The van der Waals surface area contributed by atoms with Crippen LogP contribution >= 0.6 is 0 Å². The first kappa shape index (κ1) is 67.0. The standard InChI is InChI=1S/C36H72O2.C26H52O2/c1-4-7-10-13-16-18-19-20-21-22-24-27-30-33-36(37)38-34-35(31-28-25-15-12-9-6-3)32-29-26-23-17-14-11-8-5-2;1-5-9-11-12-13-14-15-16-17-18-19-20-21-22-25(27)28-24-26(7-3,8-4)23-10-6-2/h35H,4-34H2,1-3H3;5-24H2,1-4H3. The normalized spacial score (nSPS) is 12.0. The van der Waals surface area contributed by atoms with Crippen molar-refractivity contribution in [3.63, 3.8) is 0 Å². The van der Waals surface area contributed by atoms with E-state index in [0.717, 1.165) is 25.7 Å². The Morgan fingerprint density at radius 3 is 0.864 bits per heavy atom. The summed E-state index contributed by atoms with van der Waals surface area (Å²) >= 11 is 0. The molecular weight excluding hydrogens is 809 g/mol. The molecule has 0 amide bonds. The van der Waals surface area contributed by atoms with Crippen LogP contribution in [0.2, 0.25) is 0 Å². The van der Waals surface area contributed by atoms with Gasteiger partial charge in [-0.05, 0) is 50.9 Å². The molecule has 0 aromatic heterocycles. The van der Waals surface area contributed by atoms with Gasteiger partial charge in [-0.3, -0.25) is 9.59 Å². The van der Waals surface area contributed by atoms with Crippen LogP contribution in [0.15, 0.2) is 0 Å². The Bertz CT molecular complexity index is 927. The molecule has 0 aliphatic rings. The van der Waals surface area contributed by atoms with Crippen LogP contribution in [0.3, 0.4) is 0 Å². The van der Waals surface area contributed by atoms with Crippen molar-refractivity contribution in [2.24, 2.45) is 11.3 Å². The Labute approximate surface area is 417 Å². The topological polar surface area (TPSA) is 52.6 Å². The molecule has 0 aromatic rings. The van der Waals surface area contributed by atoms with E-state index in [1.54, 1.807) is 0 Å². The molecule has 0 N–H and O–H groups in total. The summed E-state index contributed by atoms with van der Waals surface area (Å²) in [6.07, 6.45) is 63.5. The zero-order chi connectivity index (χ0) is 48.7. The average molecular weight is 934 g/mol. The quantitative estimate of drug-likeness (QED) is 0.0450. The number of rotatable bonds is 53. The number of carbonyl (C=O) groups excluding carboxylic acids is 2. The van der Waals surface area contributed by atoms with Crippen LogP contribution < -0.4 is 0 Å². The van der Waals surface area contributed by atoms with Crippen molar-refractivity contribution in [2.75, 3.05) is 13.2 Å². The highest BCUT2D eigenvalue weighted by Crippen LogP contribution is 2.33. The Morgan fingerprint density at radius 1 is 0.318 bits per heavy atom. The molecule has 0 radical (unpaired) electrons. The maximum absolute atomic E-state index is 12.4. The van der Waals surface area contributed by atoms with Gasteiger partial charge in [0.15, 0.2) is 0 Å². The molecule has 0 spiro atoms. The van der Waals surface area contributed by atoms with Gasteiger partial charge in [0.25, 0.3) is 0 Å². The van der Waals surface area contributed by atoms with Crippen molar-refractivity contribution in [3.8, 4) is 0 Å². The molecule has 0 aromatic carbocycles. The molecule has 0 aliphatic carbocycles. The van der Waals surface area contributed by atoms with Crippen LogP contribution in [0.1, 0.15) is 363 Å². The highest BCUT2D eigenvalue weighted by atomic mass is 16.5. The van der Waals surface area contributed by atoms with E-state index in [1.807, 2.05) is 0 Å². The molecule has 0 fully saturated rings. The van der Waals surface area contributed by atoms with Gasteiger partial charge in [0.1, 0.15) is 0 Å². The molecule has 0 saturated heterocycles. The largest absolute Gasteiger partial charge is 0.465 e. The highest BCUT2D eigenvalue weighted by Gasteiger charge is 2.27. The molecule has 1 unspecified atom stereocenters. The molecule has 0 rings (SSSR count). The average Bonchev–Trinajstić information content (AvgIpc) is 3.33. The van der Waals surface area contributed by atoms with E-state index in [-0.39, 0.29) is 17.4 Å². The van der Waals surface area contributed by atoms with Gasteiger partial charge in [-0.2, -0.15) is 0 Å². The summed E-state index contributed by atoms with van der Waals surface area (Å²) in [7, 11) is 0. The van der Waals surface area contributed by atoms with Crippen molar-refractivity contribution in [1.29, 1.82) is 0 Å². The van der Waals surface area contributed by atoms with Crippen LogP contribution in [0.4, 0.5) is 0 Å². The lowest BCUT2D eigenvalue weighted by Crippen LogP contribution is -2.27. The van der Waals surface area contributed by atoms with Gasteiger partial charge < -0.3 is 9.47 Å². The van der Waals surface area contributed by atoms with Crippen LogP contribution in [0.25, 0.3) is 0 Å². The Morgan fingerprint density at radius 2 is 0.576 bits per heavy atom. The monoisotopic (exact) mass is 933 g/mol. The second kappa shape index (κ2) is 56.5. The maximum atomic E-state index is 12.4. The van der Waals surface area contributed by atoms with Crippen molar-refractivity contribution in [1.82, 2.24) is 0 Å². The predicted octanol–water partition coefficient (Wildman–Crippen LogP) is 21.9. The predicted molar refractivity (Wildman–Crippen MR) is 294 cm³/mol. The fourth-order valence-corrected chi connectivity index (χ4v) is 9.69. The highest BCUT2D eigenvalue weighted by molar-refractivity contribution is 5.69. The van der Waals surface area contributed by atoms with Gasteiger partial charge in [0.05, 0.1) is 13.2 Å². The number of ether oxygens (including phenoxy) is 2. The molecule has 4 heteroatoms. The molecule has 1 atom stereocenters. The zero-order valence-electron chi connectivity index (χ0n) is 46.8. The SMILES string of the molecule is CCCCCCCCCCCCCCCC(=O)OCC(CC)(CC)CCCC.CCCCCCCCCCCCCCCC(=O)OCC(CCCCCCCC)CCCCCCCCCC. The zero-order valence-corrected chi connectivity index (χ0v) is 46.8. The second-order valence-corrected chi connectivity index (χ2v) is 21.3. The van der Waals surface area contributed by atoms with Gasteiger partial charge in [-0.25, -0.2) is 0 Å². The van der Waals surface area contributed by atoms with E-state index in [9.17, 15) is 9.59 Å². The number of hydrogen-bond acceptors (Lipinski definition) is 4. The molecule has 0 bridgehead atoms. The van der Waals surface area contributed by atoms with Crippen LogP contribution in [-0.2, 0) is 19.1 Å². The van der Waals surface area contributed by atoms with Crippen LogP contribution in [0.5, 0.6) is 0 Å².